The molecule has 2 atom stereocenters. The van der Waals surface area contributed by atoms with E-state index in [2.05, 4.69) is 15.3 Å². The molecule has 1 aromatic heterocycles. The summed E-state index contributed by atoms with van der Waals surface area (Å²) in [5.74, 6) is 0.213. The van der Waals surface area contributed by atoms with Gasteiger partial charge < -0.3 is 15.2 Å². The van der Waals surface area contributed by atoms with Gasteiger partial charge in [0.25, 0.3) is 0 Å². The Morgan fingerprint density at radius 2 is 2.12 bits per heavy atom. The SMILES string of the molecule is O=C1CC[C@@H](C(=O)N2CCC[C@@H]2c2ncc(-c3ccccc3F)[nH]2)N1. The van der Waals surface area contributed by atoms with Crippen LogP contribution in [0.1, 0.15) is 37.5 Å². The summed E-state index contributed by atoms with van der Waals surface area (Å²) in [5, 5.41) is 2.73. The van der Waals surface area contributed by atoms with E-state index in [4.69, 9.17) is 0 Å². The predicted molar refractivity (Wildman–Crippen MR) is 88.8 cm³/mol. The minimum atomic E-state index is -0.436. The largest absolute Gasteiger partial charge is 0.344 e. The van der Waals surface area contributed by atoms with Crippen LogP contribution in [0, 0.1) is 5.82 Å². The summed E-state index contributed by atoms with van der Waals surface area (Å²) < 4.78 is 14.0. The number of hydrogen-bond donors (Lipinski definition) is 2. The second kappa shape index (κ2) is 6.31. The lowest BCUT2D eigenvalue weighted by Gasteiger charge is -2.26. The molecule has 25 heavy (non-hydrogen) atoms. The van der Waals surface area contributed by atoms with Crippen LogP contribution in [0.2, 0.25) is 0 Å². The lowest BCUT2D eigenvalue weighted by atomic mass is 10.1. The van der Waals surface area contributed by atoms with Crippen LogP contribution in [0.3, 0.4) is 0 Å². The smallest absolute Gasteiger partial charge is 0.245 e. The molecule has 2 amide bonds. The van der Waals surface area contributed by atoms with Crippen molar-refractivity contribution in [3.63, 3.8) is 0 Å². The van der Waals surface area contributed by atoms with Crippen LogP contribution in [0.5, 0.6) is 0 Å². The molecule has 0 saturated carbocycles. The number of nitrogens with one attached hydrogen (secondary N) is 2. The molecule has 0 aliphatic carbocycles. The number of H-pyrrole nitrogens is 1. The van der Waals surface area contributed by atoms with Gasteiger partial charge in [-0.1, -0.05) is 12.1 Å². The molecule has 2 aliphatic rings. The van der Waals surface area contributed by atoms with Gasteiger partial charge in [0, 0.05) is 18.5 Å². The molecule has 2 fully saturated rings. The Balaban J connectivity index is 1.56. The third-order valence-corrected chi connectivity index (χ3v) is 4.90. The molecule has 2 aromatic rings. The van der Waals surface area contributed by atoms with Gasteiger partial charge in [0.05, 0.1) is 17.9 Å². The van der Waals surface area contributed by atoms with Crippen molar-refractivity contribution in [1.29, 1.82) is 0 Å². The van der Waals surface area contributed by atoms with Crippen molar-refractivity contribution in [2.24, 2.45) is 0 Å². The van der Waals surface area contributed by atoms with E-state index < -0.39 is 6.04 Å². The van der Waals surface area contributed by atoms with E-state index in [0.717, 1.165) is 12.8 Å². The number of carbonyl (C=O) groups excluding carboxylic acids is 2. The fourth-order valence-electron chi connectivity index (χ4n) is 3.64. The van der Waals surface area contributed by atoms with Gasteiger partial charge in [-0.05, 0) is 31.4 Å². The minimum Gasteiger partial charge on any atom is -0.344 e. The molecule has 2 saturated heterocycles. The number of aromatic nitrogens is 2. The molecule has 1 aromatic carbocycles. The van der Waals surface area contributed by atoms with E-state index in [1.165, 1.54) is 6.07 Å². The number of aromatic amines is 1. The number of benzene rings is 1. The number of rotatable bonds is 3. The van der Waals surface area contributed by atoms with Crippen molar-refractivity contribution in [2.75, 3.05) is 6.54 Å². The number of nitrogens with zero attached hydrogens (tertiary/aromatic N) is 2. The molecule has 0 spiro atoms. The third kappa shape index (κ3) is 2.90. The Bertz CT molecular complexity index is 819. The maximum absolute atomic E-state index is 14.0. The molecule has 0 radical (unpaired) electrons. The van der Waals surface area contributed by atoms with Crippen LogP contribution < -0.4 is 5.32 Å². The number of amides is 2. The van der Waals surface area contributed by atoms with Crippen LogP contribution in [0.15, 0.2) is 30.5 Å². The van der Waals surface area contributed by atoms with E-state index in [0.29, 0.717) is 36.5 Å². The molecule has 6 nitrogen and oxygen atoms in total. The van der Waals surface area contributed by atoms with Crippen molar-refractivity contribution >= 4 is 11.8 Å². The molecule has 4 rings (SSSR count). The first kappa shape index (κ1) is 15.8. The second-order valence-corrected chi connectivity index (χ2v) is 6.51. The predicted octanol–water partition coefficient (Wildman–Crippen LogP) is 2.16. The summed E-state index contributed by atoms with van der Waals surface area (Å²) in [4.78, 5) is 33.4. The van der Waals surface area contributed by atoms with Crippen molar-refractivity contribution < 1.29 is 14.0 Å². The summed E-state index contributed by atoms with van der Waals surface area (Å²) >= 11 is 0. The van der Waals surface area contributed by atoms with Gasteiger partial charge in [-0.3, -0.25) is 9.59 Å². The molecule has 130 valence electrons. The van der Waals surface area contributed by atoms with Crippen molar-refractivity contribution in [3.8, 4) is 11.3 Å². The van der Waals surface area contributed by atoms with Crippen LogP contribution in [0.4, 0.5) is 4.39 Å². The first-order valence-electron chi connectivity index (χ1n) is 8.53. The van der Waals surface area contributed by atoms with Crippen molar-refractivity contribution in [1.82, 2.24) is 20.2 Å². The number of imidazole rings is 1. The standard InChI is InChI=1S/C18H19FN4O2/c19-12-5-2-1-4-11(12)14-10-20-17(22-14)15-6-3-9-23(15)18(25)13-7-8-16(24)21-13/h1-2,4-5,10,13,15H,3,6-9H2,(H,20,22)(H,21,24)/t13-,15+/m0/s1. The Labute approximate surface area is 144 Å². The van der Waals surface area contributed by atoms with Gasteiger partial charge in [-0.2, -0.15) is 0 Å². The fraction of sp³-hybridized carbons (Fsp3) is 0.389. The summed E-state index contributed by atoms with van der Waals surface area (Å²) in [5.41, 5.74) is 1.06. The number of hydrogen-bond acceptors (Lipinski definition) is 3. The Hall–Kier alpha value is -2.70. The van der Waals surface area contributed by atoms with Crippen LogP contribution in [-0.2, 0) is 9.59 Å². The zero-order chi connectivity index (χ0) is 17.4. The Kier molecular flexibility index (Phi) is 3.99. The van der Waals surface area contributed by atoms with Crippen molar-refractivity contribution in [3.05, 3.63) is 42.1 Å². The molecule has 2 aliphatic heterocycles. The Morgan fingerprint density at radius 1 is 1.28 bits per heavy atom. The molecule has 3 heterocycles. The average Bonchev–Trinajstić information content (AvgIpc) is 3.34. The quantitative estimate of drug-likeness (QED) is 0.897. The molecule has 0 bridgehead atoms. The minimum absolute atomic E-state index is 0.0582. The topological polar surface area (TPSA) is 78.1 Å². The maximum Gasteiger partial charge on any atom is 0.245 e. The summed E-state index contributed by atoms with van der Waals surface area (Å²) in [7, 11) is 0. The van der Waals surface area contributed by atoms with Crippen LogP contribution >= 0.6 is 0 Å². The van der Waals surface area contributed by atoms with E-state index in [-0.39, 0.29) is 23.7 Å². The maximum atomic E-state index is 14.0. The third-order valence-electron chi connectivity index (χ3n) is 4.90. The molecular formula is C18H19FN4O2. The fourth-order valence-corrected chi connectivity index (χ4v) is 3.64. The van der Waals surface area contributed by atoms with Gasteiger partial charge in [-0.15, -0.1) is 0 Å². The highest BCUT2D eigenvalue weighted by atomic mass is 19.1. The molecule has 7 heteroatoms. The first-order chi connectivity index (χ1) is 12.1. The van der Waals surface area contributed by atoms with E-state index in [1.54, 1.807) is 29.3 Å². The summed E-state index contributed by atoms with van der Waals surface area (Å²) in [6.45, 7) is 0.644. The average molecular weight is 342 g/mol. The monoisotopic (exact) mass is 342 g/mol. The van der Waals surface area contributed by atoms with Gasteiger partial charge in [0.1, 0.15) is 17.7 Å². The highest BCUT2D eigenvalue weighted by Gasteiger charge is 2.38. The molecule has 0 unspecified atom stereocenters. The van der Waals surface area contributed by atoms with Gasteiger partial charge >= 0.3 is 0 Å². The summed E-state index contributed by atoms with van der Waals surface area (Å²) in [6.07, 6.45) is 4.22. The highest BCUT2D eigenvalue weighted by Crippen LogP contribution is 2.33. The molecular weight excluding hydrogens is 323 g/mol. The van der Waals surface area contributed by atoms with Crippen LogP contribution in [0.25, 0.3) is 11.3 Å². The zero-order valence-electron chi connectivity index (χ0n) is 13.7. The van der Waals surface area contributed by atoms with Gasteiger partial charge in [0.2, 0.25) is 11.8 Å². The molecule has 2 N–H and O–H groups in total. The van der Waals surface area contributed by atoms with Crippen LogP contribution in [-0.4, -0.2) is 39.3 Å². The van der Waals surface area contributed by atoms with Gasteiger partial charge in [-0.25, -0.2) is 9.37 Å². The van der Waals surface area contributed by atoms with Gasteiger partial charge in [0.15, 0.2) is 0 Å². The number of halogens is 1. The highest BCUT2D eigenvalue weighted by molar-refractivity contribution is 5.91. The lowest BCUT2D eigenvalue weighted by Crippen LogP contribution is -2.44. The first-order valence-corrected chi connectivity index (χ1v) is 8.53. The number of likely N-dealkylation sites (tertiary alicyclic amines) is 1. The second-order valence-electron chi connectivity index (χ2n) is 6.51. The van der Waals surface area contributed by atoms with E-state index in [9.17, 15) is 14.0 Å². The number of carbonyl (C=O) groups is 2. The lowest BCUT2D eigenvalue weighted by molar-refractivity contribution is -0.135. The van der Waals surface area contributed by atoms with E-state index >= 15 is 0 Å². The van der Waals surface area contributed by atoms with E-state index in [1.807, 2.05) is 0 Å². The van der Waals surface area contributed by atoms with Crippen molar-refractivity contribution in [2.45, 2.75) is 37.8 Å². The summed E-state index contributed by atoms with van der Waals surface area (Å²) in [6, 6.07) is 5.92. The normalized spacial score (nSPS) is 23.1. The zero-order valence-corrected chi connectivity index (χ0v) is 13.7. The Morgan fingerprint density at radius 3 is 2.88 bits per heavy atom.